The summed E-state index contributed by atoms with van der Waals surface area (Å²) >= 11 is 0. The van der Waals surface area contributed by atoms with Crippen molar-refractivity contribution in [3.63, 3.8) is 0 Å². The average Bonchev–Trinajstić information content (AvgIpc) is 2.90. The van der Waals surface area contributed by atoms with Crippen molar-refractivity contribution < 1.29 is 8.42 Å². The van der Waals surface area contributed by atoms with E-state index < -0.39 is 10.0 Å². The van der Waals surface area contributed by atoms with Gasteiger partial charge in [-0.1, -0.05) is 12.1 Å². The number of benzene rings is 1. The predicted molar refractivity (Wildman–Crippen MR) is 69.8 cm³/mol. The van der Waals surface area contributed by atoms with Crippen molar-refractivity contribution in [3.05, 3.63) is 29.8 Å². The first-order valence-corrected chi connectivity index (χ1v) is 7.82. The Morgan fingerprint density at radius 1 is 1.33 bits per heavy atom. The second-order valence-corrected chi connectivity index (χ2v) is 7.10. The fraction of sp³-hybridized carbons (Fsp3) is 0.538. The van der Waals surface area contributed by atoms with E-state index in [2.05, 4.69) is 5.32 Å². The molecule has 1 N–H and O–H groups in total. The third-order valence-electron chi connectivity index (χ3n) is 3.99. The molecule has 0 aromatic heterocycles. The van der Waals surface area contributed by atoms with E-state index >= 15 is 0 Å². The minimum absolute atomic E-state index is 0.149. The van der Waals surface area contributed by atoms with E-state index in [0.717, 1.165) is 25.1 Å². The van der Waals surface area contributed by atoms with Crippen molar-refractivity contribution in [2.45, 2.75) is 24.3 Å². The van der Waals surface area contributed by atoms with E-state index in [1.165, 1.54) is 0 Å². The average molecular weight is 266 g/mol. The monoisotopic (exact) mass is 266 g/mol. The lowest BCUT2D eigenvalue weighted by Gasteiger charge is -2.22. The van der Waals surface area contributed by atoms with Gasteiger partial charge < -0.3 is 5.32 Å². The summed E-state index contributed by atoms with van der Waals surface area (Å²) in [5.74, 6) is 0.490. The molecular formula is C13H18N2O2S. The Hall–Kier alpha value is -0.910. The van der Waals surface area contributed by atoms with Gasteiger partial charge in [0, 0.05) is 19.1 Å². The quantitative estimate of drug-likeness (QED) is 0.868. The van der Waals surface area contributed by atoms with Crippen LogP contribution in [0.1, 0.15) is 12.0 Å². The third kappa shape index (κ3) is 1.86. The molecule has 0 saturated carbocycles. The van der Waals surface area contributed by atoms with E-state index in [1.807, 2.05) is 19.1 Å². The SMILES string of the molecule is Cc1cccc(S(=O)(=O)N2CC[C@H]3CNC[C@H]32)c1. The van der Waals surface area contributed by atoms with Gasteiger partial charge in [-0.15, -0.1) is 0 Å². The van der Waals surface area contributed by atoms with Crippen molar-refractivity contribution in [3.8, 4) is 0 Å². The fourth-order valence-electron chi connectivity index (χ4n) is 3.02. The Balaban J connectivity index is 1.95. The number of aryl methyl sites for hydroxylation is 1. The lowest BCUT2D eigenvalue weighted by atomic mass is 10.1. The smallest absolute Gasteiger partial charge is 0.243 e. The zero-order chi connectivity index (χ0) is 12.8. The van der Waals surface area contributed by atoms with E-state index in [1.54, 1.807) is 16.4 Å². The van der Waals surface area contributed by atoms with Gasteiger partial charge in [-0.05, 0) is 43.5 Å². The summed E-state index contributed by atoms with van der Waals surface area (Å²) in [4.78, 5) is 0.426. The van der Waals surface area contributed by atoms with Crippen molar-refractivity contribution in [1.29, 1.82) is 0 Å². The summed E-state index contributed by atoms with van der Waals surface area (Å²) in [6.07, 6.45) is 0.975. The number of rotatable bonds is 2. The molecule has 1 aromatic carbocycles. The molecule has 0 bridgehead atoms. The first kappa shape index (κ1) is 12.1. The Morgan fingerprint density at radius 2 is 2.17 bits per heavy atom. The molecule has 2 saturated heterocycles. The van der Waals surface area contributed by atoms with Gasteiger partial charge >= 0.3 is 0 Å². The maximum atomic E-state index is 12.6. The molecule has 0 aliphatic carbocycles. The molecule has 3 rings (SSSR count). The molecular weight excluding hydrogens is 248 g/mol. The zero-order valence-electron chi connectivity index (χ0n) is 10.5. The van der Waals surface area contributed by atoms with Gasteiger partial charge in [0.15, 0.2) is 0 Å². The first-order chi connectivity index (χ1) is 8.59. The van der Waals surface area contributed by atoms with Crippen LogP contribution in [0, 0.1) is 12.8 Å². The van der Waals surface area contributed by atoms with E-state index in [0.29, 0.717) is 17.4 Å². The number of nitrogens with zero attached hydrogens (tertiary/aromatic N) is 1. The lowest BCUT2D eigenvalue weighted by Crippen LogP contribution is -2.39. The van der Waals surface area contributed by atoms with Crippen LogP contribution in [0.4, 0.5) is 0 Å². The number of fused-ring (bicyclic) bond motifs is 1. The van der Waals surface area contributed by atoms with Crippen molar-refractivity contribution in [1.82, 2.24) is 9.62 Å². The minimum atomic E-state index is -3.32. The minimum Gasteiger partial charge on any atom is -0.315 e. The molecule has 5 heteroatoms. The molecule has 0 spiro atoms. The third-order valence-corrected chi connectivity index (χ3v) is 5.91. The van der Waals surface area contributed by atoms with Crippen LogP contribution in [0.5, 0.6) is 0 Å². The molecule has 0 radical (unpaired) electrons. The van der Waals surface area contributed by atoms with E-state index in [9.17, 15) is 8.42 Å². The highest BCUT2D eigenvalue weighted by molar-refractivity contribution is 7.89. The number of sulfonamides is 1. The molecule has 0 unspecified atom stereocenters. The second kappa shape index (κ2) is 4.33. The Labute approximate surface area is 108 Å². The van der Waals surface area contributed by atoms with Crippen LogP contribution < -0.4 is 5.32 Å². The summed E-state index contributed by atoms with van der Waals surface area (Å²) < 4.78 is 26.9. The van der Waals surface area contributed by atoms with Gasteiger partial charge in [0.1, 0.15) is 0 Å². The summed E-state index contributed by atoms with van der Waals surface area (Å²) in [6, 6.07) is 7.32. The molecule has 2 aliphatic heterocycles. The lowest BCUT2D eigenvalue weighted by molar-refractivity contribution is 0.383. The summed E-state index contributed by atoms with van der Waals surface area (Å²) in [6.45, 7) is 4.32. The standard InChI is InChI=1S/C13H18N2O2S/c1-10-3-2-4-12(7-10)18(16,17)15-6-5-11-8-14-9-13(11)15/h2-4,7,11,13-14H,5-6,8-9H2,1H3/t11-,13+/m0/s1. The number of hydrogen-bond acceptors (Lipinski definition) is 3. The zero-order valence-corrected chi connectivity index (χ0v) is 11.3. The molecule has 4 nitrogen and oxygen atoms in total. The van der Waals surface area contributed by atoms with Gasteiger partial charge in [-0.3, -0.25) is 0 Å². The van der Waals surface area contributed by atoms with Gasteiger partial charge in [0.25, 0.3) is 0 Å². The van der Waals surface area contributed by atoms with Crippen molar-refractivity contribution in [2.75, 3.05) is 19.6 Å². The molecule has 2 heterocycles. The molecule has 0 amide bonds. The molecule has 2 aliphatic rings. The summed E-state index contributed by atoms with van der Waals surface area (Å²) in [7, 11) is -3.32. The highest BCUT2D eigenvalue weighted by Gasteiger charge is 2.43. The van der Waals surface area contributed by atoms with Gasteiger partial charge in [0.2, 0.25) is 10.0 Å². The maximum absolute atomic E-state index is 12.6. The molecule has 18 heavy (non-hydrogen) atoms. The highest BCUT2D eigenvalue weighted by Crippen LogP contribution is 2.32. The van der Waals surface area contributed by atoms with Crippen molar-refractivity contribution in [2.24, 2.45) is 5.92 Å². The van der Waals surface area contributed by atoms with Crippen LogP contribution in [0.25, 0.3) is 0 Å². The molecule has 1 aromatic rings. The van der Waals surface area contributed by atoms with E-state index in [4.69, 9.17) is 0 Å². The molecule has 2 fully saturated rings. The van der Waals surface area contributed by atoms with Gasteiger partial charge in [-0.25, -0.2) is 8.42 Å². The van der Waals surface area contributed by atoms with Crippen LogP contribution in [-0.4, -0.2) is 38.4 Å². The fourth-order valence-corrected chi connectivity index (χ4v) is 4.82. The Morgan fingerprint density at radius 3 is 2.94 bits per heavy atom. The highest BCUT2D eigenvalue weighted by atomic mass is 32.2. The largest absolute Gasteiger partial charge is 0.315 e. The molecule has 2 atom stereocenters. The van der Waals surface area contributed by atoms with Crippen LogP contribution in [0.2, 0.25) is 0 Å². The second-order valence-electron chi connectivity index (χ2n) is 5.21. The van der Waals surface area contributed by atoms with Crippen LogP contribution >= 0.6 is 0 Å². The van der Waals surface area contributed by atoms with Gasteiger partial charge in [-0.2, -0.15) is 4.31 Å². The van der Waals surface area contributed by atoms with Crippen LogP contribution in [0.15, 0.2) is 29.2 Å². The normalized spacial score (nSPS) is 28.5. The van der Waals surface area contributed by atoms with Gasteiger partial charge in [0.05, 0.1) is 4.90 Å². The number of hydrogen-bond donors (Lipinski definition) is 1. The first-order valence-electron chi connectivity index (χ1n) is 6.38. The Kier molecular flexibility index (Phi) is 2.92. The predicted octanol–water partition coefficient (Wildman–Crippen LogP) is 0.977. The van der Waals surface area contributed by atoms with Crippen LogP contribution in [-0.2, 0) is 10.0 Å². The van der Waals surface area contributed by atoms with E-state index in [-0.39, 0.29) is 6.04 Å². The summed E-state index contributed by atoms with van der Waals surface area (Å²) in [5.41, 5.74) is 0.983. The topological polar surface area (TPSA) is 49.4 Å². The molecule has 98 valence electrons. The summed E-state index contributed by atoms with van der Waals surface area (Å²) in [5, 5.41) is 3.28. The maximum Gasteiger partial charge on any atom is 0.243 e. The number of nitrogens with one attached hydrogen (secondary N) is 1. The Bertz CT molecular complexity index is 556. The van der Waals surface area contributed by atoms with Crippen molar-refractivity contribution >= 4 is 10.0 Å². The van der Waals surface area contributed by atoms with Crippen LogP contribution in [0.3, 0.4) is 0 Å².